The summed E-state index contributed by atoms with van der Waals surface area (Å²) in [6.45, 7) is 0. The third-order valence-electron chi connectivity index (χ3n) is 4.19. The fourth-order valence-electron chi connectivity index (χ4n) is 3.44. The predicted octanol–water partition coefficient (Wildman–Crippen LogP) is 2.86. The molecule has 2 saturated heterocycles. The summed E-state index contributed by atoms with van der Waals surface area (Å²) in [4.78, 5) is 2.70. The minimum absolute atomic E-state index is 0.741. The van der Waals surface area contributed by atoms with Crippen molar-refractivity contribution < 1.29 is 0 Å². The number of piperidine rings is 2. The molecule has 3 heteroatoms. The van der Waals surface area contributed by atoms with Gasteiger partial charge in [0.15, 0.2) is 0 Å². The zero-order chi connectivity index (χ0) is 11.0. The van der Waals surface area contributed by atoms with Crippen molar-refractivity contribution in [1.82, 2.24) is 5.32 Å². The maximum atomic E-state index is 3.47. The molecule has 0 spiro atoms. The first-order valence-corrected chi connectivity index (χ1v) is 7.30. The molecule has 2 unspecified atom stereocenters. The van der Waals surface area contributed by atoms with Crippen LogP contribution in [0.4, 0.5) is 5.69 Å². The largest absolute Gasteiger partial charge is 0.365 e. The lowest BCUT2D eigenvalue weighted by Gasteiger charge is -2.50. The Labute approximate surface area is 102 Å². The van der Waals surface area contributed by atoms with Gasteiger partial charge in [-0.15, -0.1) is 0 Å². The van der Waals surface area contributed by atoms with Gasteiger partial charge < -0.3 is 10.2 Å². The van der Waals surface area contributed by atoms with E-state index < -0.39 is 0 Å². The summed E-state index contributed by atoms with van der Waals surface area (Å²) in [7, 11) is 2.11. The molecule has 1 aromatic rings. The second kappa shape index (κ2) is 4.38. The van der Waals surface area contributed by atoms with E-state index in [1.54, 1.807) is 0 Å². The lowest BCUT2D eigenvalue weighted by Crippen LogP contribution is -2.56. The van der Waals surface area contributed by atoms with E-state index in [-0.39, 0.29) is 0 Å². The molecule has 0 saturated carbocycles. The van der Waals surface area contributed by atoms with Crippen LogP contribution < -0.4 is 10.2 Å². The lowest BCUT2D eigenvalue weighted by molar-refractivity contribution is 0.253. The Morgan fingerprint density at radius 1 is 1.31 bits per heavy atom. The van der Waals surface area contributed by atoms with Crippen LogP contribution in [0.15, 0.2) is 16.8 Å². The third kappa shape index (κ3) is 1.76. The molecule has 3 rings (SSSR count). The SMILES string of the molecule is CNC1CC2CCCC(C1)N2c1ccsc1. The lowest BCUT2D eigenvalue weighted by atomic mass is 9.81. The van der Waals surface area contributed by atoms with Crippen molar-refractivity contribution in [2.75, 3.05) is 11.9 Å². The van der Waals surface area contributed by atoms with Gasteiger partial charge in [0.2, 0.25) is 0 Å². The van der Waals surface area contributed by atoms with E-state index in [1.807, 2.05) is 11.3 Å². The molecule has 2 aliphatic heterocycles. The summed E-state index contributed by atoms with van der Waals surface area (Å²) < 4.78 is 0. The molecule has 0 amide bonds. The highest BCUT2D eigenvalue weighted by atomic mass is 32.1. The van der Waals surface area contributed by atoms with Crippen LogP contribution in [-0.4, -0.2) is 25.2 Å². The van der Waals surface area contributed by atoms with Gasteiger partial charge in [-0.25, -0.2) is 0 Å². The van der Waals surface area contributed by atoms with E-state index in [0.717, 1.165) is 18.1 Å². The summed E-state index contributed by atoms with van der Waals surface area (Å²) in [5.74, 6) is 0. The monoisotopic (exact) mass is 236 g/mol. The molecule has 2 bridgehead atoms. The number of nitrogens with zero attached hydrogens (tertiary/aromatic N) is 1. The van der Waals surface area contributed by atoms with Crippen LogP contribution in [0.25, 0.3) is 0 Å². The van der Waals surface area contributed by atoms with Crippen molar-refractivity contribution in [2.45, 2.75) is 50.2 Å². The smallest absolute Gasteiger partial charge is 0.0479 e. The van der Waals surface area contributed by atoms with Crippen molar-refractivity contribution in [3.8, 4) is 0 Å². The van der Waals surface area contributed by atoms with Gasteiger partial charge in [0.05, 0.1) is 0 Å². The average molecular weight is 236 g/mol. The first-order chi connectivity index (χ1) is 7.88. The van der Waals surface area contributed by atoms with Gasteiger partial charge in [0.25, 0.3) is 0 Å². The first kappa shape index (κ1) is 10.6. The van der Waals surface area contributed by atoms with Crippen LogP contribution in [0.3, 0.4) is 0 Å². The number of thiophene rings is 1. The molecule has 88 valence electrons. The summed E-state index contributed by atoms with van der Waals surface area (Å²) >= 11 is 1.82. The normalized spacial score (nSPS) is 34.1. The Morgan fingerprint density at radius 3 is 2.62 bits per heavy atom. The molecule has 0 aliphatic carbocycles. The van der Waals surface area contributed by atoms with Gasteiger partial charge >= 0.3 is 0 Å². The van der Waals surface area contributed by atoms with Crippen LogP contribution in [0.5, 0.6) is 0 Å². The molecule has 2 aliphatic rings. The molecule has 2 atom stereocenters. The van der Waals surface area contributed by atoms with Crippen molar-refractivity contribution in [3.63, 3.8) is 0 Å². The molecule has 16 heavy (non-hydrogen) atoms. The Bertz CT molecular complexity index is 322. The standard InChI is InChI=1S/C13H20N2S/c1-14-10-7-11-3-2-4-12(8-10)15(11)13-5-6-16-9-13/h5-6,9-12,14H,2-4,7-8H2,1H3. The number of rotatable bonds is 2. The predicted molar refractivity (Wildman–Crippen MR) is 70.3 cm³/mol. The third-order valence-corrected chi connectivity index (χ3v) is 4.86. The molecule has 3 heterocycles. The fourth-order valence-corrected chi connectivity index (χ4v) is 4.08. The van der Waals surface area contributed by atoms with Crippen LogP contribution in [-0.2, 0) is 0 Å². The van der Waals surface area contributed by atoms with Crippen LogP contribution in [0.1, 0.15) is 32.1 Å². The maximum absolute atomic E-state index is 3.47. The van der Waals surface area contributed by atoms with Gasteiger partial charge in [-0.2, -0.15) is 11.3 Å². The number of nitrogens with one attached hydrogen (secondary N) is 1. The number of anilines is 1. The molecule has 0 radical (unpaired) electrons. The van der Waals surface area contributed by atoms with E-state index in [9.17, 15) is 0 Å². The highest BCUT2D eigenvalue weighted by Gasteiger charge is 2.37. The summed E-state index contributed by atoms with van der Waals surface area (Å²) in [6, 6.07) is 4.58. The summed E-state index contributed by atoms with van der Waals surface area (Å²) in [5, 5.41) is 7.99. The first-order valence-electron chi connectivity index (χ1n) is 6.36. The van der Waals surface area contributed by atoms with Crippen molar-refractivity contribution in [1.29, 1.82) is 0 Å². The van der Waals surface area contributed by atoms with Gasteiger partial charge in [-0.05, 0) is 50.6 Å². The summed E-state index contributed by atoms with van der Waals surface area (Å²) in [6.07, 6.45) is 6.83. The van der Waals surface area contributed by atoms with E-state index in [2.05, 4.69) is 34.1 Å². The zero-order valence-corrected chi connectivity index (χ0v) is 10.7. The van der Waals surface area contributed by atoms with E-state index >= 15 is 0 Å². The second-order valence-corrected chi connectivity index (χ2v) is 5.86. The molecular formula is C13H20N2S. The van der Waals surface area contributed by atoms with Crippen molar-refractivity contribution >= 4 is 17.0 Å². The highest BCUT2D eigenvalue weighted by molar-refractivity contribution is 7.08. The molecule has 1 aromatic heterocycles. The highest BCUT2D eigenvalue weighted by Crippen LogP contribution is 2.38. The minimum Gasteiger partial charge on any atom is -0.365 e. The van der Waals surface area contributed by atoms with Gasteiger partial charge in [0, 0.05) is 29.2 Å². The van der Waals surface area contributed by atoms with E-state index in [4.69, 9.17) is 0 Å². The van der Waals surface area contributed by atoms with Gasteiger partial charge in [-0.1, -0.05) is 0 Å². The quantitative estimate of drug-likeness (QED) is 0.849. The van der Waals surface area contributed by atoms with Crippen molar-refractivity contribution in [3.05, 3.63) is 16.8 Å². The average Bonchev–Trinajstić information content (AvgIpc) is 2.80. The fraction of sp³-hybridized carbons (Fsp3) is 0.692. The van der Waals surface area contributed by atoms with E-state index in [1.165, 1.54) is 37.8 Å². The Morgan fingerprint density at radius 2 is 2.06 bits per heavy atom. The molecule has 0 aromatic carbocycles. The minimum atomic E-state index is 0.741. The Kier molecular flexibility index (Phi) is 2.90. The van der Waals surface area contributed by atoms with Crippen molar-refractivity contribution in [2.24, 2.45) is 0 Å². The maximum Gasteiger partial charge on any atom is 0.0479 e. The zero-order valence-electron chi connectivity index (χ0n) is 9.86. The van der Waals surface area contributed by atoms with E-state index in [0.29, 0.717) is 0 Å². The van der Waals surface area contributed by atoms with Gasteiger partial charge in [0.1, 0.15) is 0 Å². The number of hydrogen-bond acceptors (Lipinski definition) is 3. The number of fused-ring (bicyclic) bond motifs is 2. The molecule has 1 N–H and O–H groups in total. The number of hydrogen-bond donors (Lipinski definition) is 1. The molecule has 2 fully saturated rings. The van der Waals surface area contributed by atoms with Crippen LogP contribution in [0, 0.1) is 0 Å². The van der Waals surface area contributed by atoms with Gasteiger partial charge in [-0.3, -0.25) is 0 Å². The Hall–Kier alpha value is -0.540. The molecule has 2 nitrogen and oxygen atoms in total. The second-order valence-electron chi connectivity index (χ2n) is 5.08. The topological polar surface area (TPSA) is 15.3 Å². The Balaban J connectivity index is 1.84. The van der Waals surface area contributed by atoms with Crippen LogP contribution in [0.2, 0.25) is 0 Å². The summed E-state index contributed by atoms with van der Waals surface area (Å²) in [5.41, 5.74) is 1.47. The van der Waals surface area contributed by atoms with Crippen LogP contribution >= 0.6 is 11.3 Å². The molecular weight excluding hydrogens is 216 g/mol.